The molecule has 59 heavy (non-hydrogen) atoms. The van der Waals surface area contributed by atoms with E-state index in [-0.39, 0.29) is 0 Å². The zero-order valence-corrected chi connectivity index (χ0v) is 31.4. The first-order chi connectivity index (χ1) is 29.2. The highest BCUT2D eigenvalue weighted by Crippen LogP contribution is 2.44. The second-order valence-corrected chi connectivity index (χ2v) is 15.2. The number of furan rings is 2. The van der Waals surface area contributed by atoms with Crippen LogP contribution < -0.4 is 0 Å². The van der Waals surface area contributed by atoms with Crippen molar-refractivity contribution in [3.8, 4) is 39.9 Å². The summed E-state index contributed by atoms with van der Waals surface area (Å²) in [6.45, 7) is 0. The van der Waals surface area contributed by atoms with Crippen LogP contribution >= 0.6 is 0 Å². The van der Waals surface area contributed by atoms with Gasteiger partial charge in [0, 0.05) is 54.4 Å². The standard InChI is InChI=1S/C53H30N4O2/c1-2-13-33-29-34(24-23-31(33)11-1)51-54-52(35-26-27-38-37-15-5-7-20-44(37)59-47(38)30-35)56-53(55-51)57-49-36-14-4-3-12-32(36)25-28-42(49)41-19-9-18-40(50(41)57)39-17-10-22-46-48(39)43-16-6-8-21-45(43)58-46/h1-30H. The van der Waals surface area contributed by atoms with Crippen molar-refractivity contribution >= 4 is 87.2 Å². The van der Waals surface area contributed by atoms with E-state index in [1.54, 1.807) is 0 Å². The zero-order chi connectivity index (χ0) is 38.6. The number of rotatable bonds is 4. The largest absolute Gasteiger partial charge is 0.456 e. The number of hydrogen-bond acceptors (Lipinski definition) is 5. The number of para-hydroxylation sites is 3. The summed E-state index contributed by atoms with van der Waals surface area (Å²) in [5.74, 6) is 1.66. The van der Waals surface area contributed by atoms with E-state index in [0.29, 0.717) is 17.6 Å². The molecule has 0 spiro atoms. The molecule has 4 heterocycles. The minimum absolute atomic E-state index is 0.524. The highest BCUT2D eigenvalue weighted by molar-refractivity contribution is 6.23. The second-order valence-electron chi connectivity index (χ2n) is 15.2. The summed E-state index contributed by atoms with van der Waals surface area (Å²) in [7, 11) is 0. The van der Waals surface area contributed by atoms with Gasteiger partial charge in [-0.05, 0) is 58.1 Å². The van der Waals surface area contributed by atoms with Crippen molar-refractivity contribution in [2.45, 2.75) is 0 Å². The number of aromatic nitrogens is 4. The highest BCUT2D eigenvalue weighted by atomic mass is 16.3. The number of hydrogen-bond donors (Lipinski definition) is 0. The van der Waals surface area contributed by atoms with E-state index in [1.807, 2.05) is 30.3 Å². The molecule has 0 bridgehead atoms. The van der Waals surface area contributed by atoms with Crippen LogP contribution in [0.5, 0.6) is 0 Å². The molecule has 0 atom stereocenters. The van der Waals surface area contributed by atoms with Gasteiger partial charge in [-0.3, -0.25) is 4.57 Å². The van der Waals surface area contributed by atoms with E-state index in [0.717, 1.165) is 109 Å². The van der Waals surface area contributed by atoms with Crippen molar-refractivity contribution in [3.63, 3.8) is 0 Å². The van der Waals surface area contributed by atoms with Crippen LogP contribution in [0.15, 0.2) is 191 Å². The van der Waals surface area contributed by atoms with Crippen molar-refractivity contribution in [1.29, 1.82) is 0 Å². The first kappa shape index (κ1) is 32.0. The van der Waals surface area contributed by atoms with Gasteiger partial charge in [-0.25, -0.2) is 4.98 Å². The zero-order valence-electron chi connectivity index (χ0n) is 31.4. The monoisotopic (exact) mass is 754 g/mol. The van der Waals surface area contributed by atoms with Crippen molar-refractivity contribution in [2.24, 2.45) is 0 Å². The molecule has 0 amide bonds. The van der Waals surface area contributed by atoms with Gasteiger partial charge < -0.3 is 8.83 Å². The smallest absolute Gasteiger partial charge is 0.238 e. The highest BCUT2D eigenvalue weighted by Gasteiger charge is 2.24. The average Bonchev–Trinajstić information content (AvgIpc) is 3.98. The first-order valence-electron chi connectivity index (χ1n) is 19.8. The summed E-state index contributed by atoms with van der Waals surface area (Å²) in [6.07, 6.45) is 0. The van der Waals surface area contributed by atoms with Crippen molar-refractivity contribution in [2.75, 3.05) is 0 Å². The van der Waals surface area contributed by atoms with E-state index in [4.69, 9.17) is 23.8 Å². The van der Waals surface area contributed by atoms with Crippen LogP contribution in [0.2, 0.25) is 0 Å². The lowest BCUT2D eigenvalue weighted by Gasteiger charge is -2.14. The van der Waals surface area contributed by atoms with Gasteiger partial charge >= 0.3 is 0 Å². The van der Waals surface area contributed by atoms with Gasteiger partial charge in [0.2, 0.25) is 5.95 Å². The van der Waals surface area contributed by atoms with Gasteiger partial charge in [0.25, 0.3) is 0 Å². The molecule has 6 heteroatoms. The topological polar surface area (TPSA) is 69.9 Å². The normalized spacial score (nSPS) is 12.1. The number of fused-ring (bicyclic) bond motifs is 12. The molecule has 0 aliphatic heterocycles. The maximum Gasteiger partial charge on any atom is 0.238 e. The minimum Gasteiger partial charge on any atom is -0.456 e. The summed E-state index contributed by atoms with van der Waals surface area (Å²) in [4.78, 5) is 16.1. The Bertz CT molecular complexity index is 3870. The summed E-state index contributed by atoms with van der Waals surface area (Å²) < 4.78 is 15.1. The van der Waals surface area contributed by atoms with Gasteiger partial charge in [-0.15, -0.1) is 0 Å². The molecule has 274 valence electrons. The lowest BCUT2D eigenvalue weighted by molar-refractivity contribution is 0.668. The second kappa shape index (κ2) is 12.2. The molecule has 0 radical (unpaired) electrons. The molecule has 9 aromatic carbocycles. The summed E-state index contributed by atoms with van der Waals surface area (Å²) >= 11 is 0. The van der Waals surface area contributed by atoms with E-state index in [9.17, 15) is 0 Å². The molecule has 4 aromatic heterocycles. The molecule has 0 saturated heterocycles. The van der Waals surface area contributed by atoms with Crippen LogP contribution in [-0.2, 0) is 0 Å². The number of nitrogens with zero attached hydrogens (tertiary/aromatic N) is 4. The Morgan fingerprint density at radius 2 is 0.898 bits per heavy atom. The van der Waals surface area contributed by atoms with Gasteiger partial charge in [0.15, 0.2) is 11.6 Å². The third kappa shape index (κ3) is 4.77. The molecular formula is C53H30N4O2. The third-order valence-electron chi connectivity index (χ3n) is 11.8. The molecule has 0 N–H and O–H groups in total. The summed E-state index contributed by atoms with van der Waals surface area (Å²) in [5.41, 5.74) is 9.23. The van der Waals surface area contributed by atoms with Gasteiger partial charge in [0.05, 0.1) is 11.0 Å². The lowest BCUT2D eigenvalue weighted by atomic mass is 9.97. The van der Waals surface area contributed by atoms with E-state index in [1.165, 1.54) is 0 Å². The predicted octanol–water partition coefficient (Wildman–Crippen LogP) is 14.1. The molecule has 6 nitrogen and oxygen atoms in total. The van der Waals surface area contributed by atoms with Crippen molar-refractivity contribution in [1.82, 2.24) is 19.5 Å². The summed E-state index contributed by atoms with van der Waals surface area (Å²) in [5, 5.41) is 11.0. The average molecular weight is 755 g/mol. The molecule has 0 unspecified atom stereocenters. The van der Waals surface area contributed by atoms with Crippen LogP contribution in [-0.4, -0.2) is 19.5 Å². The fourth-order valence-corrected chi connectivity index (χ4v) is 9.16. The SMILES string of the molecule is c1ccc2cc(-c3nc(-c4ccc5c(c4)oc4ccccc45)nc(-n4c5c(-c6cccc7oc8ccccc8c67)cccc5c5ccc6ccccc6c54)n3)ccc2c1. The predicted molar refractivity (Wildman–Crippen MR) is 240 cm³/mol. The quantitative estimate of drug-likeness (QED) is 0.179. The fourth-order valence-electron chi connectivity index (χ4n) is 9.16. The Morgan fingerprint density at radius 1 is 0.339 bits per heavy atom. The van der Waals surface area contributed by atoms with E-state index < -0.39 is 0 Å². The molecule has 13 aromatic rings. The van der Waals surface area contributed by atoms with Crippen LogP contribution in [0.1, 0.15) is 0 Å². The van der Waals surface area contributed by atoms with Crippen LogP contribution in [0.4, 0.5) is 0 Å². The molecule has 0 saturated carbocycles. The Morgan fingerprint density at radius 3 is 1.76 bits per heavy atom. The van der Waals surface area contributed by atoms with Crippen molar-refractivity contribution in [3.05, 3.63) is 182 Å². The Kier molecular flexibility index (Phi) is 6.63. The van der Waals surface area contributed by atoms with Crippen LogP contribution in [0, 0.1) is 0 Å². The number of benzene rings is 9. The maximum absolute atomic E-state index is 6.42. The van der Waals surface area contributed by atoms with Crippen molar-refractivity contribution < 1.29 is 8.83 Å². The fraction of sp³-hybridized carbons (Fsp3) is 0. The van der Waals surface area contributed by atoms with Gasteiger partial charge in [0.1, 0.15) is 22.3 Å². The molecule has 0 aliphatic rings. The molecule has 13 rings (SSSR count). The van der Waals surface area contributed by atoms with Crippen LogP contribution in [0.3, 0.4) is 0 Å². The van der Waals surface area contributed by atoms with Gasteiger partial charge in [-0.1, -0.05) is 146 Å². The third-order valence-corrected chi connectivity index (χ3v) is 11.8. The van der Waals surface area contributed by atoms with Crippen LogP contribution in [0.25, 0.3) is 127 Å². The minimum atomic E-state index is 0.524. The Balaban J connectivity index is 1.16. The van der Waals surface area contributed by atoms with E-state index >= 15 is 0 Å². The maximum atomic E-state index is 6.42. The molecule has 0 aliphatic carbocycles. The molecular weight excluding hydrogens is 725 g/mol. The Labute approximate surface area is 336 Å². The molecule has 0 fully saturated rings. The summed E-state index contributed by atoms with van der Waals surface area (Å²) in [6, 6.07) is 63.3. The van der Waals surface area contributed by atoms with E-state index in [2.05, 4.69) is 156 Å². The van der Waals surface area contributed by atoms with Gasteiger partial charge in [-0.2, -0.15) is 9.97 Å². The first-order valence-corrected chi connectivity index (χ1v) is 19.8. The Hall–Kier alpha value is -8.09. The lowest BCUT2D eigenvalue weighted by Crippen LogP contribution is -2.07.